The van der Waals surface area contributed by atoms with Crippen LogP contribution in [0, 0.1) is 5.92 Å². The molecule has 0 atom stereocenters. The molecule has 118 valence electrons. The minimum Gasteiger partial charge on any atom is -0.368 e. The van der Waals surface area contributed by atoms with Gasteiger partial charge in [-0.1, -0.05) is 19.8 Å². The zero-order chi connectivity index (χ0) is 15.2. The largest absolute Gasteiger partial charge is 0.368 e. The maximum atomic E-state index is 5.87. The molecule has 1 saturated heterocycles. The van der Waals surface area contributed by atoms with Crippen LogP contribution in [0.5, 0.6) is 0 Å². The molecule has 1 aromatic rings. The van der Waals surface area contributed by atoms with Gasteiger partial charge in [0.2, 0.25) is 17.8 Å². The summed E-state index contributed by atoms with van der Waals surface area (Å²) < 4.78 is 0. The lowest BCUT2D eigenvalue weighted by Crippen LogP contribution is -2.35. The number of hydrogen-bond acceptors (Lipinski definition) is 6. The van der Waals surface area contributed by atoms with E-state index in [1.165, 1.54) is 25.7 Å². The third-order valence-electron chi connectivity index (χ3n) is 4.27. The number of nitrogens with zero attached hydrogens (tertiary/aromatic N) is 5. The molecule has 1 aliphatic heterocycles. The minimum atomic E-state index is 0.317. The van der Waals surface area contributed by atoms with E-state index in [4.69, 9.17) is 5.73 Å². The third kappa shape index (κ3) is 3.95. The van der Waals surface area contributed by atoms with Gasteiger partial charge in [0.25, 0.3) is 0 Å². The Bertz CT molecular complexity index is 438. The van der Waals surface area contributed by atoms with E-state index in [-0.39, 0.29) is 0 Å². The topological polar surface area (TPSA) is 71.2 Å². The second-order valence-corrected chi connectivity index (χ2v) is 5.68. The van der Waals surface area contributed by atoms with Crippen LogP contribution in [-0.4, -0.2) is 41.1 Å². The molecule has 0 amide bonds. The highest BCUT2D eigenvalue weighted by atomic mass is 15.3. The zero-order valence-electron chi connectivity index (χ0n) is 13.5. The predicted octanol–water partition coefficient (Wildman–Crippen LogP) is 2.32. The summed E-state index contributed by atoms with van der Waals surface area (Å²) in [6, 6.07) is 0. The van der Waals surface area contributed by atoms with E-state index in [9.17, 15) is 0 Å². The van der Waals surface area contributed by atoms with Crippen molar-refractivity contribution in [3.8, 4) is 0 Å². The van der Waals surface area contributed by atoms with Gasteiger partial charge in [0.05, 0.1) is 0 Å². The molecule has 1 aliphatic rings. The van der Waals surface area contributed by atoms with Crippen molar-refractivity contribution in [1.82, 2.24) is 15.0 Å². The smallest absolute Gasteiger partial charge is 0.231 e. The van der Waals surface area contributed by atoms with E-state index in [0.717, 1.165) is 38.0 Å². The summed E-state index contributed by atoms with van der Waals surface area (Å²) in [6.07, 6.45) is 5.05. The van der Waals surface area contributed by atoms with Gasteiger partial charge in [-0.05, 0) is 32.6 Å². The molecule has 2 rings (SSSR count). The van der Waals surface area contributed by atoms with E-state index in [1.807, 2.05) is 0 Å². The van der Waals surface area contributed by atoms with Crippen molar-refractivity contribution in [1.29, 1.82) is 0 Å². The number of anilines is 3. The van der Waals surface area contributed by atoms with Gasteiger partial charge in [0.1, 0.15) is 0 Å². The highest BCUT2D eigenvalue weighted by Crippen LogP contribution is 2.25. The van der Waals surface area contributed by atoms with Crippen molar-refractivity contribution < 1.29 is 0 Å². The molecule has 0 saturated carbocycles. The van der Waals surface area contributed by atoms with Crippen molar-refractivity contribution in [3.63, 3.8) is 0 Å². The van der Waals surface area contributed by atoms with E-state index in [2.05, 4.69) is 45.5 Å². The molecule has 21 heavy (non-hydrogen) atoms. The highest BCUT2D eigenvalue weighted by molar-refractivity contribution is 5.43. The van der Waals surface area contributed by atoms with Gasteiger partial charge in [-0.25, -0.2) is 0 Å². The average Bonchev–Trinajstić information content (AvgIpc) is 2.49. The summed E-state index contributed by atoms with van der Waals surface area (Å²) >= 11 is 0. The van der Waals surface area contributed by atoms with Gasteiger partial charge >= 0.3 is 0 Å². The summed E-state index contributed by atoms with van der Waals surface area (Å²) in [5.41, 5.74) is 5.87. The summed E-state index contributed by atoms with van der Waals surface area (Å²) in [4.78, 5) is 17.6. The van der Waals surface area contributed by atoms with Crippen LogP contribution in [0.4, 0.5) is 17.8 Å². The number of nitrogens with two attached hydrogens (primary N) is 1. The Morgan fingerprint density at radius 3 is 2.33 bits per heavy atom. The molecule has 6 nitrogen and oxygen atoms in total. The first kappa shape index (κ1) is 15.8. The number of aromatic nitrogens is 3. The Hall–Kier alpha value is -1.59. The molecule has 0 aliphatic carbocycles. The van der Waals surface area contributed by atoms with Crippen molar-refractivity contribution in [2.24, 2.45) is 5.92 Å². The van der Waals surface area contributed by atoms with Crippen LogP contribution < -0.4 is 15.5 Å². The third-order valence-corrected chi connectivity index (χ3v) is 4.27. The van der Waals surface area contributed by atoms with Crippen LogP contribution in [0.25, 0.3) is 0 Å². The van der Waals surface area contributed by atoms with Gasteiger partial charge in [0.15, 0.2) is 0 Å². The fourth-order valence-corrected chi connectivity index (χ4v) is 2.99. The lowest BCUT2D eigenvalue weighted by molar-refractivity contribution is 0.376. The maximum Gasteiger partial charge on any atom is 0.231 e. The van der Waals surface area contributed by atoms with E-state index in [1.54, 1.807) is 0 Å². The van der Waals surface area contributed by atoms with Crippen LogP contribution in [0.3, 0.4) is 0 Å². The van der Waals surface area contributed by atoms with Crippen molar-refractivity contribution >= 4 is 17.8 Å². The fourth-order valence-electron chi connectivity index (χ4n) is 2.99. The molecule has 0 bridgehead atoms. The molecular formula is C15H28N6. The Labute approximate surface area is 127 Å². The summed E-state index contributed by atoms with van der Waals surface area (Å²) in [6.45, 7) is 10.2. The van der Waals surface area contributed by atoms with Crippen LogP contribution in [0.2, 0.25) is 0 Å². The summed E-state index contributed by atoms with van der Waals surface area (Å²) in [7, 11) is 0. The molecule has 0 radical (unpaired) electrons. The molecule has 6 heteroatoms. The van der Waals surface area contributed by atoms with Crippen LogP contribution in [0.1, 0.15) is 46.5 Å². The molecule has 1 fully saturated rings. The SMILES string of the molecule is CCCC1CCN(c2nc(N)nc(N(CC)CC)n2)CC1. The van der Waals surface area contributed by atoms with Crippen molar-refractivity contribution in [2.45, 2.75) is 46.5 Å². The first-order chi connectivity index (χ1) is 10.2. The second-order valence-electron chi connectivity index (χ2n) is 5.68. The Kier molecular flexibility index (Phi) is 5.59. The van der Waals surface area contributed by atoms with Crippen LogP contribution >= 0.6 is 0 Å². The van der Waals surface area contributed by atoms with Gasteiger partial charge in [-0.3, -0.25) is 0 Å². The van der Waals surface area contributed by atoms with Crippen LogP contribution in [-0.2, 0) is 0 Å². The van der Waals surface area contributed by atoms with Gasteiger partial charge in [0, 0.05) is 26.2 Å². The predicted molar refractivity (Wildman–Crippen MR) is 87.6 cm³/mol. The number of nitrogen functional groups attached to an aromatic ring is 1. The molecule has 0 aromatic carbocycles. The minimum absolute atomic E-state index is 0.317. The monoisotopic (exact) mass is 292 g/mol. The lowest BCUT2D eigenvalue weighted by atomic mass is 9.93. The highest BCUT2D eigenvalue weighted by Gasteiger charge is 2.21. The second kappa shape index (κ2) is 7.43. The Morgan fingerprint density at radius 2 is 1.76 bits per heavy atom. The number of hydrogen-bond donors (Lipinski definition) is 1. The zero-order valence-corrected chi connectivity index (χ0v) is 13.5. The maximum absolute atomic E-state index is 5.87. The van der Waals surface area contributed by atoms with Crippen molar-refractivity contribution in [2.75, 3.05) is 41.7 Å². The van der Waals surface area contributed by atoms with E-state index in [0.29, 0.717) is 11.9 Å². The molecule has 0 unspecified atom stereocenters. The normalized spacial score (nSPS) is 16.2. The molecule has 2 heterocycles. The summed E-state index contributed by atoms with van der Waals surface area (Å²) in [5.74, 6) is 2.60. The van der Waals surface area contributed by atoms with E-state index < -0.39 is 0 Å². The Balaban J connectivity index is 2.10. The molecule has 1 aromatic heterocycles. The summed E-state index contributed by atoms with van der Waals surface area (Å²) in [5, 5.41) is 0. The standard InChI is InChI=1S/C15H28N6/c1-4-7-12-8-10-21(11-9-12)15-18-13(16)17-14(19-15)20(5-2)6-3/h12H,4-11H2,1-3H3,(H2,16,17,18,19). The first-order valence-electron chi connectivity index (χ1n) is 8.19. The van der Waals surface area contributed by atoms with Gasteiger partial charge in [-0.15, -0.1) is 0 Å². The average molecular weight is 292 g/mol. The van der Waals surface area contributed by atoms with Crippen molar-refractivity contribution in [3.05, 3.63) is 0 Å². The van der Waals surface area contributed by atoms with Crippen LogP contribution in [0.15, 0.2) is 0 Å². The van der Waals surface area contributed by atoms with Gasteiger partial charge < -0.3 is 15.5 Å². The molecule has 2 N–H and O–H groups in total. The number of piperidine rings is 1. The quantitative estimate of drug-likeness (QED) is 0.867. The fraction of sp³-hybridized carbons (Fsp3) is 0.800. The van der Waals surface area contributed by atoms with E-state index >= 15 is 0 Å². The first-order valence-corrected chi connectivity index (χ1v) is 8.19. The van der Waals surface area contributed by atoms with Gasteiger partial charge in [-0.2, -0.15) is 15.0 Å². The lowest BCUT2D eigenvalue weighted by Gasteiger charge is -2.32. The molecular weight excluding hydrogens is 264 g/mol. The molecule has 0 spiro atoms. The number of rotatable bonds is 6. The Morgan fingerprint density at radius 1 is 1.10 bits per heavy atom.